The van der Waals surface area contributed by atoms with Gasteiger partial charge in [-0.15, -0.1) is 0 Å². The van der Waals surface area contributed by atoms with Gasteiger partial charge in [0.25, 0.3) is 0 Å². The Kier molecular flexibility index (Phi) is 3.52. The molecule has 1 heterocycles. The molecule has 0 bridgehead atoms. The normalized spacial score (nSPS) is 22.2. The number of nitrogens with zero attached hydrogens (tertiary/aromatic N) is 1. The highest BCUT2D eigenvalue weighted by Gasteiger charge is 2.53. The molecule has 1 aliphatic carbocycles. The molecule has 4 heteroatoms. The van der Waals surface area contributed by atoms with E-state index in [0.29, 0.717) is 25.4 Å². The molecule has 1 amide bonds. The number of likely N-dealkylation sites (tertiary alicyclic amines) is 1. The number of aryl methyl sites for hydroxylation is 1. The van der Waals surface area contributed by atoms with Crippen molar-refractivity contribution in [3.63, 3.8) is 0 Å². The Bertz CT molecular complexity index is 479. The Labute approximate surface area is 119 Å². The Hall–Kier alpha value is -1.39. The second-order valence-corrected chi connectivity index (χ2v) is 6.20. The van der Waals surface area contributed by atoms with Gasteiger partial charge in [-0.25, -0.2) is 0 Å². The van der Waals surface area contributed by atoms with E-state index in [1.54, 1.807) is 4.90 Å². The Morgan fingerprint density at radius 3 is 2.60 bits per heavy atom. The first kappa shape index (κ1) is 13.6. The fraction of sp³-hybridized carbons (Fsp3) is 0.562. The number of carbonyl (C=O) groups excluding carboxylic acids is 1. The van der Waals surface area contributed by atoms with E-state index in [-0.39, 0.29) is 5.91 Å². The van der Waals surface area contributed by atoms with E-state index >= 15 is 0 Å². The highest BCUT2D eigenvalue weighted by molar-refractivity contribution is 5.82. The third-order valence-corrected chi connectivity index (χ3v) is 4.48. The van der Waals surface area contributed by atoms with Crippen LogP contribution in [-0.2, 0) is 11.2 Å². The molecule has 4 nitrogen and oxygen atoms in total. The minimum absolute atomic E-state index is 0.0220. The van der Waals surface area contributed by atoms with Crippen molar-refractivity contribution in [2.24, 2.45) is 11.7 Å². The summed E-state index contributed by atoms with van der Waals surface area (Å²) in [5, 5.41) is 10.2. The molecule has 0 radical (unpaired) electrons. The van der Waals surface area contributed by atoms with Gasteiger partial charge in [0.2, 0.25) is 5.91 Å². The number of nitrogens with two attached hydrogens (primary N) is 1. The second-order valence-electron chi connectivity index (χ2n) is 6.20. The van der Waals surface area contributed by atoms with Crippen LogP contribution in [0.3, 0.4) is 0 Å². The lowest BCUT2D eigenvalue weighted by Gasteiger charge is -2.47. The quantitative estimate of drug-likeness (QED) is 0.839. The lowest BCUT2D eigenvalue weighted by atomic mass is 9.88. The third kappa shape index (κ3) is 2.72. The van der Waals surface area contributed by atoms with E-state index in [0.717, 1.165) is 19.3 Å². The van der Waals surface area contributed by atoms with Gasteiger partial charge in [-0.2, -0.15) is 0 Å². The van der Waals surface area contributed by atoms with E-state index < -0.39 is 11.6 Å². The van der Waals surface area contributed by atoms with Gasteiger partial charge in [0.1, 0.15) is 5.60 Å². The van der Waals surface area contributed by atoms with Gasteiger partial charge in [0, 0.05) is 0 Å². The van der Waals surface area contributed by atoms with Crippen LogP contribution < -0.4 is 5.73 Å². The van der Waals surface area contributed by atoms with Crippen LogP contribution in [0.4, 0.5) is 0 Å². The minimum atomic E-state index is -0.616. The fourth-order valence-corrected chi connectivity index (χ4v) is 2.97. The van der Waals surface area contributed by atoms with Crippen molar-refractivity contribution in [2.75, 3.05) is 13.1 Å². The Morgan fingerprint density at radius 1 is 1.35 bits per heavy atom. The lowest BCUT2D eigenvalue weighted by Crippen LogP contribution is -2.67. The van der Waals surface area contributed by atoms with Crippen molar-refractivity contribution in [1.82, 2.24) is 4.90 Å². The van der Waals surface area contributed by atoms with Gasteiger partial charge in [0.15, 0.2) is 0 Å². The lowest BCUT2D eigenvalue weighted by molar-refractivity contribution is -0.160. The predicted octanol–water partition coefficient (Wildman–Crippen LogP) is 0.930. The number of amides is 1. The van der Waals surface area contributed by atoms with E-state index in [2.05, 4.69) is 0 Å². The molecule has 20 heavy (non-hydrogen) atoms. The van der Waals surface area contributed by atoms with Gasteiger partial charge in [-0.3, -0.25) is 4.79 Å². The maximum atomic E-state index is 12.2. The first-order chi connectivity index (χ1) is 9.58. The maximum Gasteiger partial charge on any atom is 0.239 e. The molecule has 3 rings (SSSR count). The molecular formula is C16H22N2O2. The number of hydrogen-bond acceptors (Lipinski definition) is 3. The summed E-state index contributed by atoms with van der Waals surface area (Å²) in [6.07, 6.45) is 3.66. The van der Waals surface area contributed by atoms with Crippen molar-refractivity contribution >= 4 is 5.91 Å². The summed E-state index contributed by atoms with van der Waals surface area (Å²) in [6, 6.07) is 9.60. The molecule has 1 atom stereocenters. The van der Waals surface area contributed by atoms with E-state index in [1.165, 1.54) is 5.56 Å². The summed E-state index contributed by atoms with van der Waals surface area (Å²) in [7, 11) is 0. The third-order valence-electron chi connectivity index (χ3n) is 4.48. The van der Waals surface area contributed by atoms with Crippen LogP contribution >= 0.6 is 0 Å². The number of carbonyl (C=O) groups is 1. The van der Waals surface area contributed by atoms with E-state index in [4.69, 9.17) is 5.73 Å². The van der Waals surface area contributed by atoms with E-state index in [9.17, 15) is 9.90 Å². The molecule has 0 aromatic heterocycles. The van der Waals surface area contributed by atoms with Gasteiger partial charge >= 0.3 is 0 Å². The molecular weight excluding hydrogens is 252 g/mol. The summed E-state index contributed by atoms with van der Waals surface area (Å²) in [6.45, 7) is 0.936. The van der Waals surface area contributed by atoms with Crippen LogP contribution in [0.15, 0.2) is 30.3 Å². The smallest absolute Gasteiger partial charge is 0.239 e. The number of β-amino-alcohol motifs (C(OH)–C–C–N with tert-alkyl or cyclic N) is 1. The number of hydrogen-bond donors (Lipinski definition) is 2. The zero-order valence-corrected chi connectivity index (χ0v) is 11.7. The molecule has 3 N–H and O–H groups in total. The minimum Gasteiger partial charge on any atom is -0.386 e. The zero-order valence-electron chi connectivity index (χ0n) is 11.7. The van der Waals surface area contributed by atoms with Gasteiger partial charge in [-0.05, 0) is 37.2 Å². The highest BCUT2D eigenvalue weighted by atomic mass is 16.3. The molecule has 2 fully saturated rings. The average Bonchev–Trinajstić information content (AvgIpc) is 3.26. The predicted molar refractivity (Wildman–Crippen MR) is 77.0 cm³/mol. The molecule has 1 aromatic carbocycles. The molecule has 108 valence electrons. The monoisotopic (exact) mass is 274 g/mol. The summed E-state index contributed by atoms with van der Waals surface area (Å²) >= 11 is 0. The molecule has 1 unspecified atom stereocenters. The second kappa shape index (κ2) is 5.19. The van der Waals surface area contributed by atoms with Crippen molar-refractivity contribution in [1.29, 1.82) is 0 Å². The summed E-state index contributed by atoms with van der Waals surface area (Å²) in [4.78, 5) is 13.9. The van der Waals surface area contributed by atoms with Gasteiger partial charge in [0.05, 0.1) is 19.1 Å². The van der Waals surface area contributed by atoms with Crippen molar-refractivity contribution in [3.8, 4) is 0 Å². The number of benzene rings is 1. The zero-order chi connectivity index (χ0) is 14.2. The van der Waals surface area contributed by atoms with Crippen LogP contribution in [0.25, 0.3) is 0 Å². The Balaban J connectivity index is 1.46. The van der Waals surface area contributed by atoms with Crippen molar-refractivity contribution < 1.29 is 9.90 Å². The Morgan fingerprint density at radius 2 is 2.00 bits per heavy atom. The van der Waals surface area contributed by atoms with Gasteiger partial charge in [-0.1, -0.05) is 30.3 Å². The maximum absolute atomic E-state index is 12.2. The SMILES string of the molecule is NC(CCc1ccccc1)C(=O)N1CC(O)(C2CC2)C1. The number of rotatable bonds is 5. The first-order valence-corrected chi connectivity index (χ1v) is 7.39. The summed E-state index contributed by atoms with van der Waals surface area (Å²) < 4.78 is 0. The standard InChI is InChI=1S/C16H22N2O2/c17-14(9-6-12-4-2-1-3-5-12)15(19)18-10-16(20,11-18)13-7-8-13/h1-5,13-14,20H,6-11,17H2. The first-order valence-electron chi connectivity index (χ1n) is 7.39. The molecule has 1 aliphatic heterocycles. The summed E-state index contributed by atoms with van der Waals surface area (Å²) in [5.74, 6) is 0.387. The number of aliphatic hydroxyl groups is 1. The van der Waals surface area contributed by atoms with Crippen LogP contribution in [0.2, 0.25) is 0 Å². The fourth-order valence-electron chi connectivity index (χ4n) is 2.97. The summed E-state index contributed by atoms with van der Waals surface area (Å²) in [5.41, 5.74) is 6.57. The van der Waals surface area contributed by atoms with Crippen molar-refractivity contribution in [2.45, 2.75) is 37.3 Å². The molecule has 1 saturated heterocycles. The molecule has 1 aromatic rings. The topological polar surface area (TPSA) is 66.6 Å². The largest absolute Gasteiger partial charge is 0.386 e. The van der Waals surface area contributed by atoms with Crippen molar-refractivity contribution in [3.05, 3.63) is 35.9 Å². The van der Waals surface area contributed by atoms with Crippen LogP contribution in [0, 0.1) is 5.92 Å². The van der Waals surface area contributed by atoms with Crippen LogP contribution in [0.1, 0.15) is 24.8 Å². The molecule has 1 saturated carbocycles. The van der Waals surface area contributed by atoms with E-state index in [1.807, 2.05) is 30.3 Å². The molecule has 2 aliphatic rings. The van der Waals surface area contributed by atoms with Crippen LogP contribution in [-0.4, -0.2) is 40.6 Å². The van der Waals surface area contributed by atoms with Gasteiger partial charge < -0.3 is 15.7 Å². The molecule has 0 spiro atoms. The average molecular weight is 274 g/mol. The van der Waals surface area contributed by atoms with Crippen LogP contribution in [0.5, 0.6) is 0 Å². The highest BCUT2D eigenvalue weighted by Crippen LogP contribution is 2.44.